The summed E-state index contributed by atoms with van der Waals surface area (Å²) in [6, 6.07) is 9.14. The monoisotopic (exact) mass is 329 g/mol. The molecule has 0 spiro atoms. The molecule has 0 radical (unpaired) electrons. The van der Waals surface area contributed by atoms with Crippen LogP contribution in [0.3, 0.4) is 0 Å². The Hall–Kier alpha value is -1.86. The van der Waals surface area contributed by atoms with E-state index in [0.29, 0.717) is 6.42 Å². The molecule has 1 aromatic rings. The molecule has 23 heavy (non-hydrogen) atoms. The molecular weight excluding hydrogens is 302 g/mol. The van der Waals surface area contributed by atoms with Gasteiger partial charge in [0.2, 0.25) is 0 Å². The lowest BCUT2D eigenvalue weighted by Gasteiger charge is -2.21. The smallest absolute Gasteiger partial charge is 0.332 e. The maximum Gasteiger partial charge on any atom is 0.332 e. The van der Waals surface area contributed by atoms with E-state index in [4.69, 9.17) is 4.74 Å². The number of benzene rings is 1. The van der Waals surface area contributed by atoms with Crippen LogP contribution in [0.2, 0.25) is 19.6 Å². The zero-order valence-electron chi connectivity index (χ0n) is 15.0. The average Bonchev–Trinajstić information content (AvgIpc) is 2.40. The lowest BCUT2D eigenvalue weighted by atomic mass is 10.1. The molecule has 124 valence electrons. The second kappa shape index (κ2) is 8.12. The van der Waals surface area contributed by atoms with Crippen molar-refractivity contribution in [3.05, 3.63) is 35.9 Å². The first-order valence-corrected chi connectivity index (χ1v) is 11.4. The zero-order chi connectivity index (χ0) is 17.5. The van der Waals surface area contributed by atoms with Crippen molar-refractivity contribution in [1.29, 1.82) is 0 Å². The summed E-state index contributed by atoms with van der Waals surface area (Å²) in [4.78, 5) is 16.8. The standard InChI is InChI=1S/C19H27NO2Si/c1-19(2,3)22-18(21)17(13-10-14-23(4,5)6)20-15-16-11-8-7-9-12-16/h7-9,11-12,15,17H,13H2,1-6H3. The van der Waals surface area contributed by atoms with Gasteiger partial charge in [0.1, 0.15) is 13.7 Å². The van der Waals surface area contributed by atoms with E-state index in [1.165, 1.54) is 0 Å². The zero-order valence-corrected chi connectivity index (χ0v) is 16.0. The predicted molar refractivity (Wildman–Crippen MR) is 99.4 cm³/mol. The number of rotatable bonds is 4. The minimum absolute atomic E-state index is 0.324. The van der Waals surface area contributed by atoms with E-state index in [2.05, 4.69) is 36.1 Å². The molecule has 0 fully saturated rings. The van der Waals surface area contributed by atoms with Crippen LogP contribution in [-0.2, 0) is 9.53 Å². The summed E-state index contributed by atoms with van der Waals surface area (Å²) in [7, 11) is -1.46. The van der Waals surface area contributed by atoms with Crippen molar-refractivity contribution in [3.8, 4) is 11.5 Å². The van der Waals surface area contributed by atoms with E-state index in [9.17, 15) is 4.79 Å². The van der Waals surface area contributed by atoms with Gasteiger partial charge in [0.05, 0.1) is 0 Å². The van der Waals surface area contributed by atoms with Crippen LogP contribution in [0, 0.1) is 11.5 Å². The van der Waals surface area contributed by atoms with Crippen molar-refractivity contribution in [1.82, 2.24) is 0 Å². The van der Waals surface area contributed by atoms with Crippen molar-refractivity contribution in [2.75, 3.05) is 0 Å². The molecule has 0 N–H and O–H groups in total. The number of carbonyl (C=O) groups excluding carboxylic acids is 1. The minimum atomic E-state index is -1.46. The molecule has 1 unspecified atom stereocenters. The summed E-state index contributed by atoms with van der Waals surface area (Å²) >= 11 is 0. The summed E-state index contributed by atoms with van der Waals surface area (Å²) in [5.41, 5.74) is 3.71. The van der Waals surface area contributed by atoms with Crippen molar-refractivity contribution < 1.29 is 9.53 Å². The van der Waals surface area contributed by atoms with E-state index in [0.717, 1.165) is 5.56 Å². The topological polar surface area (TPSA) is 38.7 Å². The molecule has 0 aliphatic carbocycles. The first-order valence-electron chi connectivity index (χ1n) is 7.88. The molecule has 0 bridgehead atoms. The number of ether oxygens (including phenoxy) is 1. The number of hydrogen-bond acceptors (Lipinski definition) is 3. The third kappa shape index (κ3) is 8.99. The van der Waals surface area contributed by atoms with Crippen molar-refractivity contribution in [3.63, 3.8) is 0 Å². The van der Waals surface area contributed by atoms with Gasteiger partial charge < -0.3 is 4.74 Å². The van der Waals surface area contributed by atoms with Gasteiger partial charge in [-0.2, -0.15) is 0 Å². The van der Waals surface area contributed by atoms with Crippen LogP contribution in [0.15, 0.2) is 35.3 Å². The third-order valence-electron chi connectivity index (χ3n) is 2.64. The van der Waals surface area contributed by atoms with E-state index in [1.54, 1.807) is 6.21 Å². The summed E-state index contributed by atoms with van der Waals surface area (Å²) < 4.78 is 5.46. The quantitative estimate of drug-likeness (QED) is 0.361. The van der Waals surface area contributed by atoms with Gasteiger partial charge in [-0.25, -0.2) is 4.79 Å². The Bertz CT molecular complexity index is 598. The van der Waals surface area contributed by atoms with E-state index >= 15 is 0 Å². The third-order valence-corrected chi connectivity index (χ3v) is 3.57. The Labute approximate surface area is 141 Å². The molecule has 0 heterocycles. The van der Waals surface area contributed by atoms with Gasteiger partial charge in [-0.05, 0) is 26.3 Å². The molecule has 4 heteroatoms. The highest BCUT2D eigenvalue weighted by molar-refractivity contribution is 6.83. The van der Waals surface area contributed by atoms with Gasteiger partial charge >= 0.3 is 5.97 Å². The number of carbonyl (C=O) groups is 1. The molecule has 1 aromatic carbocycles. The van der Waals surface area contributed by atoms with Crippen LogP contribution in [-0.4, -0.2) is 31.9 Å². The molecule has 1 atom stereocenters. The lowest BCUT2D eigenvalue weighted by molar-refractivity contribution is -0.156. The summed E-state index contributed by atoms with van der Waals surface area (Å²) in [5.74, 6) is 2.80. The number of esters is 1. The van der Waals surface area contributed by atoms with Crippen LogP contribution in [0.25, 0.3) is 0 Å². The molecule has 1 rings (SSSR count). The van der Waals surface area contributed by atoms with Crippen LogP contribution in [0.1, 0.15) is 32.8 Å². The highest BCUT2D eigenvalue weighted by Crippen LogP contribution is 2.12. The first-order chi connectivity index (χ1) is 10.6. The average molecular weight is 330 g/mol. The van der Waals surface area contributed by atoms with Gasteiger partial charge in [-0.3, -0.25) is 4.99 Å². The Morgan fingerprint density at radius 2 is 1.87 bits per heavy atom. The van der Waals surface area contributed by atoms with E-state index in [-0.39, 0.29) is 5.97 Å². The van der Waals surface area contributed by atoms with Crippen molar-refractivity contribution >= 4 is 20.3 Å². The largest absolute Gasteiger partial charge is 0.458 e. The molecule has 0 aliphatic heterocycles. The molecule has 0 aliphatic rings. The Morgan fingerprint density at radius 3 is 2.39 bits per heavy atom. The fraction of sp³-hybridized carbons (Fsp3) is 0.474. The maximum absolute atomic E-state index is 12.3. The SMILES string of the molecule is CC(C)(C)OC(=O)C(CC#C[Si](C)(C)C)N=Cc1ccccc1. The Balaban J connectivity index is 2.89. The van der Waals surface area contributed by atoms with E-state index in [1.807, 2.05) is 51.1 Å². The van der Waals surface area contributed by atoms with Crippen molar-refractivity contribution in [2.45, 2.75) is 58.5 Å². The highest BCUT2D eigenvalue weighted by Gasteiger charge is 2.23. The maximum atomic E-state index is 12.3. The highest BCUT2D eigenvalue weighted by atomic mass is 28.3. The van der Waals surface area contributed by atoms with Gasteiger partial charge in [0.15, 0.2) is 6.04 Å². The molecule has 0 amide bonds. The van der Waals surface area contributed by atoms with Crippen LogP contribution in [0.5, 0.6) is 0 Å². The molecular formula is C19H27NO2Si. The van der Waals surface area contributed by atoms with Gasteiger partial charge in [0, 0.05) is 12.6 Å². The normalized spacial score (nSPS) is 13.3. The van der Waals surface area contributed by atoms with Crippen molar-refractivity contribution in [2.24, 2.45) is 4.99 Å². The summed E-state index contributed by atoms with van der Waals surface area (Å²) in [6.45, 7) is 12.1. The van der Waals surface area contributed by atoms with Crippen LogP contribution >= 0.6 is 0 Å². The van der Waals surface area contributed by atoms with Gasteiger partial charge in [-0.1, -0.05) is 50.0 Å². The number of aliphatic imine (C=N–C) groups is 1. The number of hydrogen-bond donors (Lipinski definition) is 0. The molecule has 0 saturated heterocycles. The Kier molecular flexibility index (Phi) is 6.77. The lowest BCUT2D eigenvalue weighted by Crippen LogP contribution is -2.31. The van der Waals surface area contributed by atoms with Crippen LogP contribution < -0.4 is 0 Å². The summed E-state index contributed by atoms with van der Waals surface area (Å²) in [6.07, 6.45) is 2.10. The predicted octanol–water partition coefficient (Wildman–Crippen LogP) is 4.09. The second-order valence-electron chi connectivity index (χ2n) is 7.49. The Morgan fingerprint density at radius 1 is 1.26 bits per heavy atom. The first kappa shape index (κ1) is 19.2. The second-order valence-corrected chi connectivity index (χ2v) is 12.2. The molecule has 0 aromatic heterocycles. The minimum Gasteiger partial charge on any atom is -0.458 e. The molecule has 0 saturated carbocycles. The fourth-order valence-electron chi connectivity index (χ4n) is 1.69. The summed E-state index contributed by atoms with van der Waals surface area (Å²) in [5, 5.41) is 0. The number of nitrogens with zero attached hydrogens (tertiary/aromatic N) is 1. The van der Waals surface area contributed by atoms with Crippen LogP contribution in [0.4, 0.5) is 0 Å². The van der Waals surface area contributed by atoms with E-state index < -0.39 is 19.7 Å². The fourth-order valence-corrected chi connectivity index (χ4v) is 2.33. The van der Waals surface area contributed by atoms with Gasteiger partial charge in [0.25, 0.3) is 0 Å². The molecule has 3 nitrogen and oxygen atoms in total. The van der Waals surface area contributed by atoms with Gasteiger partial charge in [-0.15, -0.1) is 11.5 Å².